The summed E-state index contributed by atoms with van der Waals surface area (Å²) in [6, 6.07) is 9.87. The lowest BCUT2D eigenvalue weighted by molar-refractivity contribution is 0.243. The van der Waals surface area contributed by atoms with Gasteiger partial charge in [0.2, 0.25) is 5.82 Å². The molecule has 0 amide bonds. The second-order valence-electron chi connectivity index (χ2n) is 4.49. The Bertz CT molecular complexity index is 677. The van der Waals surface area contributed by atoms with Crippen LogP contribution in [-0.2, 0) is 13.2 Å². The Labute approximate surface area is 126 Å². The number of nitrogens with zero attached hydrogens (tertiary/aromatic N) is 2. The molecule has 0 aliphatic heterocycles. The van der Waals surface area contributed by atoms with Gasteiger partial charge in [0, 0.05) is 17.5 Å². The Morgan fingerprint density at radius 3 is 2.81 bits per heavy atom. The average molecular weight is 301 g/mol. The van der Waals surface area contributed by atoms with Crippen molar-refractivity contribution in [3.63, 3.8) is 0 Å². The molecule has 0 saturated heterocycles. The summed E-state index contributed by atoms with van der Waals surface area (Å²) < 4.78 is 10.8. The van der Waals surface area contributed by atoms with Crippen LogP contribution in [0, 0.1) is 0 Å². The maximum absolute atomic E-state index is 5.64. The van der Waals surface area contributed by atoms with Gasteiger partial charge in [-0.05, 0) is 36.2 Å². The van der Waals surface area contributed by atoms with Crippen molar-refractivity contribution in [2.24, 2.45) is 0 Å². The number of ether oxygens (including phenoxy) is 1. The van der Waals surface area contributed by atoms with Crippen LogP contribution in [0.1, 0.15) is 11.5 Å². The van der Waals surface area contributed by atoms with Crippen LogP contribution < -0.4 is 10.1 Å². The molecule has 2 aromatic heterocycles. The van der Waals surface area contributed by atoms with Gasteiger partial charge in [-0.1, -0.05) is 17.3 Å². The zero-order valence-electron chi connectivity index (χ0n) is 11.6. The smallest absolute Gasteiger partial charge is 0.264 e. The highest BCUT2D eigenvalue weighted by atomic mass is 32.1. The lowest BCUT2D eigenvalue weighted by Crippen LogP contribution is -2.04. The molecule has 5 nitrogen and oxygen atoms in total. The Hall–Kier alpha value is -2.18. The van der Waals surface area contributed by atoms with Gasteiger partial charge >= 0.3 is 0 Å². The number of nitrogens with one attached hydrogen (secondary N) is 1. The van der Waals surface area contributed by atoms with Gasteiger partial charge in [-0.15, -0.1) is 0 Å². The minimum absolute atomic E-state index is 0.266. The third-order valence-electron chi connectivity index (χ3n) is 2.91. The van der Waals surface area contributed by atoms with Crippen molar-refractivity contribution in [1.29, 1.82) is 0 Å². The summed E-state index contributed by atoms with van der Waals surface area (Å²) in [5.74, 6) is 1.85. The second kappa shape index (κ2) is 6.51. The summed E-state index contributed by atoms with van der Waals surface area (Å²) in [7, 11) is 1.92. The van der Waals surface area contributed by atoms with E-state index in [1.165, 1.54) is 5.56 Å². The van der Waals surface area contributed by atoms with Gasteiger partial charge in [0.15, 0.2) is 6.61 Å². The first-order chi connectivity index (χ1) is 10.3. The number of benzene rings is 1. The molecule has 0 atom stereocenters. The van der Waals surface area contributed by atoms with E-state index < -0.39 is 0 Å². The van der Waals surface area contributed by atoms with Crippen LogP contribution in [-0.4, -0.2) is 17.2 Å². The molecule has 0 unspecified atom stereocenters. The maximum atomic E-state index is 5.64. The molecular weight excluding hydrogens is 286 g/mol. The first kappa shape index (κ1) is 13.8. The van der Waals surface area contributed by atoms with Crippen LogP contribution in [0.2, 0.25) is 0 Å². The molecule has 108 valence electrons. The molecule has 0 fully saturated rings. The summed E-state index contributed by atoms with van der Waals surface area (Å²) >= 11 is 1.60. The molecule has 1 N–H and O–H groups in total. The average Bonchev–Trinajstić information content (AvgIpc) is 3.18. The normalized spacial score (nSPS) is 10.7. The summed E-state index contributed by atoms with van der Waals surface area (Å²) in [5.41, 5.74) is 2.17. The largest absolute Gasteiger partial charge is 0.484 e. The fourth-order valence-corrected chi connectivity index (χ4v) is 2.51. The number of aromatic nitrogens is 2. The van der Waals surface area contributed by atoms with Crippen LogP contribution in [0.4, 0.5) is 0 Å². The molecule has 3 rings (SSSR count). The molecule has 0 aliphatic rings. The highest BCUT2D eigenvalue weighted by Crippen LogP contribution is 2.19. The predicted molar refractivity (Wildman–Crippen MR) is 81.1 cm³/mol. The van der Waals surface area contributed by atoms with Crippen molar-refractivity contribution < 1.29 is 9.26 Å². The second-order valence-corrected chi connectivity index (χ2v) is 5.27. The Morgan fingerprint density at radius 1 is 1.24 bits per heavy atom. The summed E-state index contributed by atoms with van der Waals surface area (Å²) in [4.78, 5) is 4.31. The fourth-order valence-electron chi connectivity index (χ4n) is 1.88. The van der Waals surface area contributed by atoms with Gasteiger partial charge in [0.05, 0.1) is 0 Å². The first-order valence-corrected chi connectivity index (χ1v) is 7.51. The molecule has 0 spiro atoms. The lowest BCUT2D eigenvalue weighted by Gasteiger charge is -2.04. The van der Waals surface area contributed by atoms with E-state index in [0.29, 0.717) is 11.7 Å². The van der Waals surface area contributed by atoms with Gasteiger partial charge < -0.3 is 14.6 Å². The number of hydrogen-bond donors (Lipinski definition) is 1. The van der Waals surface area contributed by atoms with Crippen LogP contribution in [0.3, 0.4) is 0 Å². The van der Waals surface area contributed by atoms with Crippen molar-refractivity contribution >= 4 is 11.3 Å². The van der Waals surface area contributed by atoms with E-state index in [2.05, 4.69) is 15.5 Å². The number of hydrogen-bond acceptors (Lipinski definition) is 6. The summed E-state index contributed by atoms with van der Waals surface area (Å²) in [6.07, 6.45) is 0. The molecule has 0 aliphatic carbocycles. The van der Waals surface area contributed by atoms with E-state index in [4.69, 9.17) is 9.26 Å². The molecular formula is C15H15N3O2S. The Morgan fingerprint density at radius 2 is 2.10 bits per heavy atom. The summed E-state index contributed by atoms with van der Waals surface area (Å²) in [6.45, 7) is 1.11. The zero-order chi connectivity index (χ0) is 14.5. The Kier molecular flexibility index (Phi) is 4.28. The zero-order valence-corrected chi connectivity index (χ0v) is 12.4. The molecule has 3 aromatic rings. The van der Waals surface area contributed by atoms with Gasteiger partial charge in [-0.25, -0.2) is 0 Å². The minimum Gasteiger partial charge on any atom is -0.484 e. The van der Waals surface area contributed by atoms with Crippen molar-refractivity contribution in [1.82, 2.24) is 15.5 Å². The van der Waals surface area contributed by atoms with Gasteiger partial charge in [0.1, 0.15) is 5.75 Å². The Balaban J connectivity index is 1.60. The van der Waals surface area contributed by atoms with E-state index in [-0.39, 0.29) is 6.61 Å². The van der Waals surface area contributed by atoms with Gasteiger partial charge in [0.25, 0.3) is 5.89 Å². The third kappa shape index (κ3) is 3.48. The highest BCUT2D eigenvalue weighted by molar-refractivity contribution is 7.08. The molecule has 1 aromatic carbocycles. The number of thiophene rings is 1. The van der Waals surface area contributed by atoms with Crippen LogP contribution >= 0.6 is 11.3 Å². The third-order valence-corrected chi connectivity index (χ3v) is 3.60. The molecule has 0 saturated carbocycles. The maximum Gasteiger partial charge on any atom is 0.264 e. The van der Waals surface area contributed by atoms with E-state index in [1.54, 1.807) is 11.3 Å². The van der Waals surface area contributed by atoms with E-state index in [0.717, 1.165) is 17.9 Å². The first-order valence-electron chi connectivity index (χ1n) is 6.56. The van der Waals surface area contributed by atoms with Gasteiger partial charge in [-0.2, -0.15) is 16.3 Å². The fraction of sp³-hybridized carbons (Fsp3) is 0.200. The van der Waals surface area contributed by atoms with Crippen LogP contribution in [0.25, 0.3) is 11.4 Å². The van der Waals surface area contributed by atoms with E-state index >= 15 is 0 Å². The monoisotopic (exact) mass is 301 g/mol. The van der Waals surface area contributed by atoms with Gasteiger partial charge in [-0.3, -0.25) is 0 Å². The molecule has 6 heteroatoms. The lowest BCUT2D eigenvalue weighted by atomic mass is 10.2. The molecule has 0 bridgehead atoms. The van der Waals surface area contributed by atoms with E-state index in [9.17, 15) is 0 Å². The van der Waals surface area contributed by atoms with Crippen molar-refractivity contribution in [3.05, 3.63) is 52.5 Å². The van der Waals surface area contributed by atoms with Crippen molar-refractivity contribution in [2.75, 3.05) is 7.05 Å². The van der Waals surface area contributed by atoms with Crippen LogP contribution in [0.5, 0.6) is 5.75 Å². The highest BCUT2D eigenvalue weighted by Gasteiger charge is 2.09. The molecule has 0 radical (unpaired) electrons. The standard InChI is InChI=1S/C15H15N3O2S/c1-16-8-11-2-4-13(5-3-11)19-9-14-17-15(18-20-14)12-6-7-21-10-12/h2-7,10,16H,8-9H2,1H3. The topological polar surface area (TPSA) is 60.2 Å². The van der Waals surface area contributed by atoms with Crippen molar-refractivity contribution in [3.8, 4) is 17.1 Å². The van der Waals surface area contributed by atoms with Crippen LogP contribution in [0.15, 0.2) is 45.6 Å². The SMILES string of the molecule is CNCc1ccc(OCc2nc(-c3ccsc3)no2)cc1. The minimum atomic E-state index is 0.266. The number of rotatable bonds is 6. The predicted octanol–water partition coefficient (Wildman–Crippen LogP) is 3.10. The molecule has 21 heavy (non-hydrogen) atoms. The molecule has 2 heterocycles. The quantitative estimate of drug-likeness (QED) is 0.758. The van der Waals surface area contributed by atoms with Crippen molar-refractivity contribution in [2.45, 2.75) is 13.2 Å². The van der Waals surface area contributed by atoms with E-state index in [1.807, 2.05) is 48.1 Å². The summed E-state index contributed by atoms with van der Waals surface area (Å²) in [5, 5.41) is 11.0.